The second-order valence-electron chi connectivity index (χ2n) is 3.72. The molecule has 1 saturated heterocycles. The standard InChI is InChI=1S/C12H12O6/c1-16-11(15)9-8(10(13)14)17-12(18-9)7-5-3-2-4-6-7/h2-6,8-9,12H,1H3,(H,13,14)/t8-,9-,12-/m1/s1. The fourth-order valence-corrected chi connectivity index (χ4v) is 1.69. The third kappa shape index (κ3) is 2.34. The van der Waals surface area contributed by atoms with Crippen LogP contribution in [0.3, 0.4) is 0 Å². The number of aliphatic carboxylic acids is 1. The van der Waals surface area contributed by atoms with Crippen LogP contribution in [0.25, 0.3) is 0 Å². The van der Waals surface area contributed by atoms with Gasteiger partial charge in [0.2, 0.25) is 0 Å². The van der Waals surface area contributed by atoms with E-state index in [-0.39, 0.29) is 0 Å². The number of methoxy groups -OCH3 is 1. The molecule has 0 spiro atoms. The molecular formula is C12H12O6. The molecule has 6 nitrogen and oxygen atoms in total. The molecule has 0 bridgehead atoms. The molecule has 18 heavy (non-hydrogen) atoms. The summed E-state index contributed by atoms with van der Waals surface area (Å²) in [6.45, 7) is 0. The van der Waals surface area contributed by atoms with Gasteiger partial charge in [-0.1, -0.05) is 30.3 Å². The van der Waals surface area contributed by atoms with E-state index in [0.29, 0.717) is 5.56 Å². The van der Waals surface area contributed by atoms with Gasteiger partial charge in [0.1, 0.15) is 0 Å². The van der Waals surface area contributed by atoms with Crippen molar-refractivity contribution in [3.8, 4) is 0 Å². The van der Waals surface area contributed by atoms with E-state index in [2.05, 4.69) is 4.74 Å². The quantitative estimate of drug-likeness (QED) is 0.798. The zero-order chi connectivity index (χ0) is 13.1. The van der Waals surface area contributed by atoms with Gasteiger partial charge >= 0.3 is 11.9 Å². The molecule has 1 aliphatic heterocycles. The van der Waals surface area contributed by atoms with Crippen LogP contribution in [0.5, 0.6) is 0 Å². The van der Waals surface area contributed by atoms with Crippen molar-refractivity contribution in [2.75, 3.05) is 7.11 Å². The minimum Gasteiger partial charge on any atom is -0.479 e. The lowest BCUT2D eigenvalue weighted by Crippen LogP contribution is -2.37. The Hall–Kier alpha value is -1.92. The van der Waals surface area contributed by atoms with Gasteiger partial charge in [-0.05, 0) is 0 Å². The highest BCUT2D eigenvalue weighted by molar-refractivity contribution is 5.85. The van der Waals surface area contributed by atoms with Crippen LogP contribution in [0.4, 0.5) is 0 Å². The van der Waals surface area contributed by atoms with Crippen LogP contribution >= 0.6 is 0 Å². The summed E-state index contributed by atoms with van der Waals surface area (Å²) in [5.74, 6) is -2.02. The van der Waals surface area contributed by atoms with Crippen LogP contribution < -0.4 is 0 Å². The number of esters is 1. The lowest BCUT2D eigenvalue weighted by Gasteiger charge is -2.09. The first-order valence-corrected chi connectivity index (χ1v) is 5.30. The van der Waals surface area contributed by atoms with E-state index in [1.807, 2.05) is 6.07 Å². The molecule has 0 amide bonds. The molecule has 0 aromatic heterocycles. The fraction of sp³-hybridized carbons (Fsp3) is 0.333. The molecule has 1 aromatic carbocycles. The largest absolute Gasteiger partial charge is 0.479 e. The molecule has 0 aliphatic carbocycles. The Morgan fingerprint density at radius 2 is 1.78 bits per heavy atom. The summed E-state index contributed by atoms with van der Waals surface area (Å²) in [6.07, 6.45) is -3.49. The van der Waals surface area contributed by atoms with Crippen molar-refractivity contribution in [3.63, 3.8) is 0 Å². The van der Waals surface area contributed by atoms with Crippen molar-refractivity contribution in [3.05, 3.63) is 35.9 Å². The number of rotatable bonds is 3. The average Bonchev–Trinajstić information content (AvgIpc) is 2.84. The molecule has 0 unspecified atom stereocenters. The minimum absolute atomic E-state index is 0.648. The summed E-state index contributed by atoms with van der Waals surface area (Å²) in [5, 5.41) is 8.98. The summed E-state index contributed by atoms with van der Waals surface area (Å²) < 4.78 is 15.0. The van der Waals surface area contributed by atoms with Gasteiger partial charge in [-0.25, -0.2) is 9.59 Å². The number of hydrogen-bond acceptors (Lipinski definition) is 5. The van der Waals surface area contributed by atoms with Gasteiger partial charge in [-0.3, -0.25) is 0 Å². The Morgan fingerprint density at radius 1 is 1.17 bits per heavy atom. The van der Waals surface area contributed by atoms with E-state index < -0.39 is 30.4 Å². The van der Waals surface area contributed by atoms with E-state index in [0.717, 1.165) is 0 Å². The summed E-state index contributed by atoms with van der Waals surface area (Å²) in [7, 11) is 1.17. The molecule has 3 atom stereocenters. The van der Waals surface area contributed by atoms with Crippen LogP contribution in [0.1, 0.15) is 11.9 Å². The maximum absolute atomic E-state index is 11.4. The second-order valence-corrected chi connectivity index (χ2v) is 3.72. The lowest BCUT2D eigenvalue weighted by molar-refractivity contribution is -0.158. The Labute approximate surface area is 103 Å². The fourth-order valence-electron chi connectivity index (χ4n) is 1.69. The number of carbonyl (C=O) groups is 2. The van der Waals surface area contributed by atoms with Gasteiger partial charge < -0.3 is 19.3 Å². The zero-order valence-electron chi connectivity index (χ0n) is 9.61. The molecule has 1 heterocycles. The summed E-state index contributed by atoms with van der Waals surface area (Å²) in [5.41, 5.74) is 0.648. The highest BCUT2D eigenvalue weighted by Gasteiger charge is 2.46. The number of ether oxygens (including phenoxy) is 3. The van der Waals surface area contributed by atoms with E-state index in [9.17, 15) is 9.59 Å². The lowest BCUT2D eigenvalue weighted by atomic mass is 10.2. The van der Waals surface area contributed by atoms with Gasteiger partial charge in [-0.15, -0.1) is 0 Å². The summed E-state index contributed by atoms with van der Waals surface area (Å²) in [4.78, 5) is 22.4. The number of carboxylic acid groups (broad SMARTS) is 1. The molecule has 0 saturated carbocycles. The average molecular weight is 252 g/mol. The summed E-state index contributed by atoms with van der Waals surface area (Å²) in [6, 6.07) is 8.80. The van der Waals surface area contributed by atoms with Gasteiger partial charge in [0.25, 0.3) is 0 Å². The van der Waals surface area contributed by atoms with Gasteiger partial charge in [0.15, 0.2) is 18.5 Å². The Balaban J connectivity index is 2.19. The Bertz CT molecular complexity index is 443. The van der Waals surface area contributed by atoms with Crippen LogP contribution in [0, 0.1) is 0 Å². The molecule has 1 aromatic rings. The molecule has 1 fully saturated rings. The van der Waals surface area contributed by atoms with Crippen molar-refractivity contribution >= 4 is 11.9 Å². The number of carboxylic acids is 1. The van der Waals surface area contributed by atoms with Crippen LogP contribution in [0.15, 0.2) is 30.3 Å². The number of carbonyl (C=O) groups excluding carboxylic acids is 1. The predicted molar refractivity (Wildman–Crippen MR) is 58.6 cm³/mol. The van der Waals surface area contributed by atoms with Crippen LogP contribution in [-0.4, -0.2) is 36.4 Å². The SMILES string of the molecule is COC(=O)[C@@H]1O[C@H](c2ccccc2)O[C@H]1C(=O)O. The van der Waals surface area contributed by atoms with Crippen molar-refractivity contribution < 1.29 is 28.9 Å². The third-order valence-electron chi connectivity index (χ3n) is 2.56. The van der Waals surface area contributed by atoms with Crippen LogP contribution in [-0.2, 0) is 23.8 Å². The minimum atomic E-state index is -1.36. The first kappa shape index (κ1) is 12.5. The number of benzene rings is 1. The predicted octanol–water partition coefficient (Wildman–Crippen LogP) is 0.727. The van der Waals surface area contributed by atoms with Gasteiger partial charge in [0.05, 0.1) is 7.11 Å². The van der Waals surface area contributed by atoms with Gasteiger partial charge in [-0.2, -0.15) is 0 Å². The van der Waals surface area contributed by atoms with Crippen molar-refractivity contribution in [1.82, 2.24) is 0 Å². The highest BCUT2D eigenvalue weighted by atomic mass is 16.7. The highest BCUT2D eigenvalue weighted by Crippen LogP contribution is 2.31. The summed E-state index contributed by atoms with van der Waals surface area (Å²) >= 11 is 0. The molecule has 1 aliphatic rings. The smallest absolute Gasteiger partial charge is 0.338 e. The molecule has 2 rings (SSSR count). The molecule has 96 valence electrons. The first-order chi connectivity index (χ1) is 8.63. The molecular weight excluding hydrogens is 240 g/mol. The normalized spacial score (nSPS) is 26.8. The maximum Gasteiger partial charge on any atom is 0.338 e. The monoisotopic (exact) mass is 252 g/mol. The second kappa shape index (κ2) is 5.16. The van der Waals surface area contributed by atoms with E-state index >= 15 is 0 Å². The van der Waals surface area contributed by atoms with E-state index in [1.54, 1.807) is 24.3 Å². The van der Waals surface area contributed by atoms with E-state index in [1.165, 1.54) is 7.11 Å². The van der Waals surface area contributed by atoms with Gasteiger partial charge in [0, 0.05) is 5.56 Å². The first-order valence-electron chi connectivity index (χ1n) is 5.30. The molecule has 6 heteroatoms. The maximum atomic E-state index is 11.4. The van der Waals surface area contributed by atoms with Crippen molar-refractivity contribution in [1.29, 1.82) is 0 Å². The molecule has 0 radical (unpaired) electrons. The van der Waals surface area contributed by atoms with Crippen molar-refractivity contribution in [2.24, 2.45) is 0 Å². The van der Waals surface area contributed by atoms with Crippen molar-refractivity contribution in [2.45, 2.75) is 18.5 Å². The molecule has 1 N–H and O–H groups in total. The Morgan fingerprint density at radius 3 is 2.33 bits per heavy atom. The number of hydrogen-bond donors (Lipinski definition) is 1. The third-order valence-corrected chi connectivity index (χ3v) is 2.56. The van der Waals surface area contributed by atoms with Crippen LogP contribution in [0.2, 0.25) is 0 Å². The van der Waals surface area contributed by atoms with E-state index in [4.69, 9.17) is 14.6 Å². The Kier molecular flexibility index (Phi) is 3.59. The zero-order valence-corrected chi connectivity index (χ0v) is 9.61. The topological polar surface area (TPSA) is 82.1 Å².